The molecule has 1 aliphatic rings. The van der Waals surface area contributed by atoms with Crippen molar-refractivity contribution in [1.82, 2.24) is 9.97 Å². The number of nitrogens with zero attached hydrogens (tertiary/aromatic N) is 2. The highest BCUT2D eigenvalue weighted by Gasteiger charge is 2.25. The largest absolute Gasteiger partial charge is 0.438 e. The van der Waals surface area contributed by atoms with Crippen LogP contribution in [0.25, 0.3) is 11.4 Å². The molecule has 1 amide bonds. The van der Waals surface area contributed by atoms with Crippen molar-refractivity contribution in [3.63, 3.8) is 0 Å². The Morgan fingerprint density at radius 3 is 2.71 bits per heavy atom. The van der Waals surface area contributed by atoms with Gasteiger partial charge in [0.2, 0.25) is 11.8 Å². The predicted octanol–water partition coefficient (Wildman–Crippen LogP) is 6.84. The molecule has 0 radical (unpaired) electrons. The van der Waals surface area contributed by atoms with Crippen LogP contribution in [0, 0.1) is 13.8 Å². The zero-order valence-electron chi connectivity index (χ0n) is 18.8. The van der Waals surface area contributed by atoms with Crippen molar-refractivity contribution in [3.8, 4) is 23.0 Å². The van der Waals surface area contributed by atoms with Gasteiger partial charge in [-0.05, 0) is 49.2 Å². The summed E-state index contributed by atoms with van der Waals surface area (Å²) in [6, 6.07) is 21.2. The Labute approximate surface area is 207 Å². The minimum absolute atomic E-state index is 0.0903. The number of benzene rings is 3. The summed E-state index contributed by atoms with van der Waals surface area (Å²) in [7, 11) is 0. The van der Waals surface area contributed by atoms with Crippen molar-refractivity contribution in [2.45, 2.75) is 25.3 Å². The van der Waals surface area contributed by atoms with Gasteiger partial charge in [-0.1, -0.05) is 65.8 Å². The van der Waals surface area contributed by atoms with E-state index < -0.39 is 0 Å². The fraction of sp³-hybridized carbons (Fsp3) is 0.148. The highest BCUT2D eigenvalue weighted by Crippen LogP contribution is 2.41. The molecule has 2 heterocycles. The van der Waals surface area contributed by atoms with E-state index in [2.05, 4.69) is 5.32 Å². The molecule has 0 atom stereocenters. The van der Waals surface area contributed by atoms with Gasteiger partial charge in [-0.3, -0.25) is 4.79 Å². The molecule has 170 valence electrons. The topological polar surface area (TPSA) is 64.1 Å². The molecule has 0 aliphatic carbocycles. The highest BCUT2D eigenvalue weighted by molar-refractivity contribution is 8.00. The van der Waals surface area contributed by atoms with E-state index >= 15 is 0 Å². The lowest BCUT2D eigenvalue weighted by molar-refractivity contribution is -0.113. The molecule has 7 heteroatoms. The summed E-state index contributed by atoms with van der Waals surface area (Å²) in [4.78, 5) is 22.3. The third-order valence-corrected chi connectivity index (χ3v) is 7.03. The Morgan fingerprint density at radius 2 is 1.88 bits per heavy atom. The zero-order valence-corrected chi connectivity index (χ0v) is 20.3. The summed E-state index contributed by atoms with van der Waals surface area (Å²) in [6.45, 7) is 4.03. The second-order valence-electron chi connectivity index (χ2n) is 8.12. The lowest BCUT2D eigenvalue weighted by Gasteiger charge is -2.22. The van der Waals surface area contributed by atoms with E-state index in [0.29, 0.717) is 23.1 Å². The fourth-order valence-corrected chi connectivity index (χ4v) is 4.82. The van der Waals surface area contributed by atoms with Gasteiger partial charge in [0, 0.05) is 28.3 Å². The molecule has 4 aromatic rings. The van der Waals surface area contributed by atoms with Crippen LogP contribution in [0.1, 0.15) is 22.3 Å². The maximum atomic E-state index is 12.8. The third-order valence-electron chi connectivity index (χ3n) is 5.78. The molecule has 1 N–H and O–H groups in total. The summed E-state index contributed by atoms with van der Waals surface area (Å²) in [5, 5.41) is 4.39. The maximum absolute atomic E-state index is 12.8. The molecule has 0 unspecified atom stereocenters. The van der Waals surface area contributed by atoms with E-state index in [9.17, 15) is 4.79 Å². The van der Waals surface area contributed by atoms with Crippen LogP contribution in [-0.4, -0.2) is 21.6 Å². The SMILES string of the molecule is Cc1cccc(NC(=O)CSc2nc(-c3ccccc3)nc3c2Cc2cc(Cl)ccc2O3)c1C. The average Bonchev–Trinajstić information content (AvgIpc) is 2.84. The molecule has 0 fully saturated rings. The number of aromatic nitrogens is 2. The number of fused-ring (bicyclic) bond motifs is 2. The molecule has 3 aromatic carbocycles. The number of aryl methyl sites for hydroxylation is 1. The van der Waals surface area contributed by atoms with Crippen molar-refractivity contribution < 1.29 is 9.53 Å². The number of amides is 1. The minimum atomic E-state index is -0.0903. The van der Waals surface area contributed by atoms with Gasteiger partial charge in [-0.25, -0.2) is 4.98 Å². The summed E-state index contributed by atoms with van der Waals surface area (Å²) >= 11 is 7.59. The van der Waals surface area contributed by atoms with Crippen LogP contribution in [0.5, 0.6) is 11.6 Å². The molecule has 34 heavy (non-hydrogen) atoms. The van der Waals surface area contributed by atoms with Crippen LogP contribution in [-0.2, 0) is 11.2 Å². The van der Waals surface area contributed by atoms with Gasteiger partial charge in [0.15, 0.2) is 5.82 Å². The first-order chi connectivity index (χ1) is 16.5. The van der Waals surface area contributed by atoms with E-state index in [4.69, 9.17) is 26.3 Å². The monoisotopic (exact) mass is 487 g/mol. The summed E-state index contributed by atoms with van der Waals surface area (Å²) in [5.74, 6) is 1.94. The van der Waals surface area contributed by atoms with Gasteiger partial charge in [0.1, 0.15) is 10.8 Å². The summed E-state index contributed by atoms with van der Waals surface area (Å²) in [6.07, 6.45) is 0.585. The van der Waals surface area contributed by atoms with Crippen molar-refractivity contribution in [3.05, 3.63) is 94.0 Å². The predicted molar refractivity (Wildman–Crippen MR) is 137 cm³/mol. The third kappa shape index (κ3) is 4.65. The van der Waals surface area contributed by atoms with Gasteiger partial charge in [-0.15, -0.1) is 0 Å². The quantitative estimate of drug-likeness (QED) is 0.217. The number of halogens is 1. The molecule has 0 saturated carbocycles. The number of carbonyl (C=O) groups excluding carboxylic acids is 1. The van der Waals surface area contributed by atoms with Crippen LogP contribution in [0.15, 0.2) is 71.8 Å². The van der Waals surface area contributed by atoms with Crippen LogP contribution in [0.4, 0.5) is 5.69 Å². The summed E-state index contributed by atoms with van der Waals surface area (Å²) < 4.78 is 6.14. The van der Waals surface area contributed by atoms with Crippen LogP contribution in [0.2, 0.25) is 5.02 Å². The van der Waals surface area contributed by atoms with Gasteiger partial charge in [0.05, 0.1) is 11.3 Å². The van der Waals surface area contributed by atoms with E-state index in [1.165, 1.54) is 11.8 Å². The van der Waals surface area contributed by atoms with E-state index in [-0.39, 0.29) is 11.7 Å². The molecule has 0 saturated heterocycles. The number of anilines is 1. The zero-order chi connectivity index (χ0) is 23.7. The Kier molecular flexibility index (Phi) is 6.26. The van der Waals surface area contributed by atoms with Gasteiger partial charge in [-0.2, -0.15) is 4.98 Å². The first kappa shape index (κ1) is 22.4. The van der Waals surface area contributed by atoms with Crippen LogP contribution >= 0.6 is 23.4 Å². The van der Waals surface area contributed by atoms with Crippen LogP contribution < -0.4 is 10.1 Å². The summed E-state index contributed by atoms with van der Waals surface area (Å²) in [5.41, 5.74) is 5.74. The molecular formula is C27H22ClN3O2S. The van der Waals surface area contributed by atoms with E-state index in [1.54, 1.807) is 6.07 Å². The number of nitrogens with one attached hydrogen (secondary N) is 1. The smallest absolute Gasteiger partial charge is 0.234 e. The molecule has 5 nitrogen and oxygen atoms in total. The number of ether oxygens (including phenoxy) is 1. The van der Waals surface area contributed by atoms with Gasteiger partial charge < -0.3 is 10.1 Å². The second kappa shape index (κ2) is 9.49. The lowest BCUT2D eigenvalue weighted by atomic mass is 10.0. The normalized spacial score (nSPS) is 11.9. The maximum Gasteiger partial charge on any atom is 0.234 e. The number of hydrogen-bond acceptors (Lipinski definition) is 5. The van der Waals surface area contributed by atoms with Crippen molar-refractivity contribution in [1.29, 1.82) is 0 Å². The molecule has 0 spiro atoms. The van der Waals surface area contributed by atoms with Gasteiger partial charge in [0.25, 0.3) is 0 Å². The van der Waals surface area contributed by atoms with E-state index in [0.717, 1.165) is 44.3 Å². The lowest BCUT2D eigenvalue weighted by Crippen LogP contribution is -2.16. The molecule has 1 aromatic heterocycles. The van der Waals surface area contributed by atoms with Crippen molar-refractivity contribution in [2.75, 3.05) is 11.1 Å². The first-order valence-electron chi connectivity index (χ1n) is 10.9. The highest BCUT2D eigenvalue weighted by atomic mass is 35.5. The first-order valence-corrected chi connectivity index (χ1v) is 12.3. The second-order valence-corrected chi connectivity index (χ2v) is 9.52. The van der Waals surface area contributed by atoms with E-state index in [1.807, 2.05) is 74.5 Å². The Morgan fingerprint density at radius 1 is 1.06 bits per heavy atom. The van der Waals surface area contributed by atoms with Crippen molar-refractivity contribution in [2.24, 2.45) is 0 Å². The Hall–Kier alpha value is -3.35. The molecule has 5 rings (SSSR count). The number of thioether (sulfide) groups is 1. The van der Waals surface area contributed by atoms with Gasteiger partial charge >= 0.3 is 0 Å². The Balaban J connectivity index is 1.44. The Bertz CT molecular complexity index is 1390. The minimum Gasteiger partial charge on any atom is -0.438 e. The fourth-order valence-electron chi connectivity index (χ4n) is 3.80. The number of hydrogen-bond donors (Lipinski definition) is 1. The van der Waals surface area contributed by atoms with Crippen molar-refractivity contribution >= 4 is 35.0 Å². The van der Waals surface area contributed by atoms with Crippen LogP contribution in [0.3, 0.4) is 0 Å². The number of rotatable bonds is 5. The number of carbonyl (C=O) groups is 1. The molecule has 0 bridgehead atoms. The average molecular weight is 488 g/mol. The molecule has 1 aliphatic heterocycles. The molecular weight excluding hydrogens is 466 g/mol. The standard InChI is InChI=1S/C27H22ClN3O2S/c1-16-7-6-10-22(17(16)2)29-24(32)15-34-27-21-14-19-13-20(28)11-12-23(19)33-26(21)30-25(31-27)18-8-4-3-5-9-18/h3-13H,14-15H2,1-2H3,(H,29,32).